The van der Waals surface area contributed by atoms with Crippen molar-refractivity contribution in [1.29, 1.82) is 5.26 Å². The highest BCUT2D eigenvalue weighted by Crippen LogP contribution is 2.32. The van der Waals surface area contributed by atoms with Gasteiger partial charge < -0.3 is 4.90 Å². The molecule has 1 unspecified atom stereocenters. The average Bonchev–Trinajstić information content (AvgIpc) is 2.33. The zero-order chi connectivity index (χ0) is 12.3. The van der Waals surface area contributed by atoms with E-state index in [9.17, 15) is 0 Å². The van der Waals surface area contributed by atoms with E-state index in [2.05, 4.69) is 11.0 Å². The van der Waals surface area contributed by atoms with Crippen LogP contribution < -0.4 is 4.90 Å². The molecule has 1 heterocycles. The van der Waals surface area contributed by atoms with Gasteiger partial charge in [-0.2, -0.15) is 5.26 Å². The molecule has 0 radical (unpaired) electrons. The third kappa shape index (κ3) is 3.06. The summed E-state index contributed by atoms with van der Waals surface area (Å²) in [6.07, 6.45) is 2.85. The van der Waals surface area contributed by atoms with Crippen LogP contribution in [0.3, 0.4) is 0 Å². The number of halogens is 2. The van der Waals surface area contributed by atoms with Gasteiger partial charge >= 0.3 is 0 Å². The first kappa shape index (κ1) is 12.5. The number of nitrogens with zero attached hydrogens (tertiary/aromatic N) is 2. The molecule has 0 aliphatic carbocycles. The molecule has 1 aromatic carbocycles. The lowest BCUT2D eigenvalue weighted by Gasteiger charge is -2.34. The average molecular weight is 269 g/mol. The van der Waals surface area contributed by atoms with Gasteiger partial charge in [-0.05, 0) is 37.0 Å². The molecule has 1 atom stereocenters. The highest BCUT2D eigenvalue weighted by Gasteiger charge is 2.21. The highest BCUT2D eigenvalue weighted by atomic mass is 35.5. The van der Waals surface area contributed by atoms with E-state index in [4.69, 9.17) is 28.5 Å². The highest BCUT2D eigenvalue weighted by molar-refractivity contribution is 6.35. The molecule has 1 aliphatic heterocycles. The maximum absolute atomic E-state index is 8.76. The Morgan fingerprint density at radius 3 is 3.00 bits per heavy atom. The Morgan fingerprint density at radius 1 is 1.41 bits per heavy atom. The third-order valence-electron chi connectivity index (χ3n) is 3.15. The largest absolute Gasteiger partial charge is 0.370 e. The standard InChI is InChI=1S/C13H14Cl2N2/c14-11-3-4-12(15)13(8-11)17-7-1-2-10(9-17)5-6-16/h3-4,8,10H,1-2,5,7,9H2. The summed E-state index contributed by atoms with van der Waals surface area (Å²) in [7, 11) is 0. The Balaban J connectivity index is 2.16. The van der Waals surface area contributed by atoms with Gasteiger partial charge in [0.1, 0.15) is 0 Å². The number of hydrogen-bond acceptors (Lipinski definition) is 2. The number of nitriles is 1. The molecule has 0 saturated carbocycles. The Kier molecular flexibility index (Phi) is 4.15. The van der Waals surface area contributed by atoms with Gasteiger partial charge in [-0.15, -0.1) is 0 Å². The van der Waals surface area contributed by atoms with Crippen LogP contribution in [0.4, 0.5) is 5.69 Å². The van der Waals surface area contributed by atoms with Crippen molar-refractivity contribution < 1.29 is 0 Å². The summed E-state index contributed by atoms with van der Waals surface area (Å²) in [6, 6.07) is 7.77. The molecule has 4 heteroatoms. The lowest BCUT2D eigenvalue weighted by atomic mass is 9.95. The Bertz CT molecular complexity index is 440. The van der Waals surface area contributed by atoms with Gasteiger partial charge in [-0.25, -0.2) is 0 Å². The monoisotopic (exact) mass is 268 g/mol. The van der Waals surface area contributed by atoms with Crippen molar-refractivity contribution in [3.05, 3.63) is 28.2 Å². The molecular formula is C13H14Cl2N2. The zero-order valence-electron chi connectivity index (χ0n) is 9.50. The minimum absolute atomic E-state index is 0.448. The Labute approximate surface area is 112 Å². The van der Waals surface area contributed by atoms with Crippen molar-refractivity contribution in [3.8, 4) is 6.07 Å². The topological polar surface area (TPSA) is 27.0 Å². The molecule has 1 aromatic rings. The van der Waals surface area contributed by atoms with E-state index in [1.165, 1.54) is 0 Å². The summed E-state index contributed by atoms with van der Waals surface area (Å²) in [5, 5.41) is 10.2. The quantitative estimate of drug-likeness (QED) is 0.807. The molecule has 90 valence electrons. The van der Waals surface area contributed by atoms with E-state index in [1.807, 2.05) is 12.1 Å². The van der Waals surface area contributed by atoms with E-state index in [1.54, 1.807) is 6.07 Å². The maximum atomic E-state index is 8.76. The van der Waals surface area contributed by atoms with Crippen molar-refractivity contribution >= 4 is 28.9 Å². The molecule has 0 N–H and O–H groups in total. The molecule has 0 bridgehead atoms. The van der Waals surface area contributed by atoms with Gasteiger partial charge in [0.15, 0.2) is 0 Å². The van der Waals surface area contributed by atoms with E-state index >= 15 is 0 Å². The Morgan fingerprint density at radius 2 is 2.24 bits per heavy atom. The first-order chi connectivity index (χ1) is 8.20. The summed E-state index contributed by atoms with van der Waals surface area (Å²) in [5.41, 5.74) is 0.988. The van der Waals surface area contributed by atoms with Crippen LogP contribution in [0.5, 0.6) is 0 Å². The normalized spacial score (nSPS) is 20.1. The van der Waals surface area contributed by atoms with Gasteiger partial charge in [0.2, 0.25) is 0 Å². The second-order valence-corrected chi connectivity index (χ2v) is 5.26. The molecule has 1 aliphatic rings. The van der Waals surface area contributed by atoms with Gasteiger partial charge in [-0.3, -0.25) is 0 Å². The first-order valence-electron chi connectivity index (χ1n) is 5.77. The minimum atomic E-state index is 0.448. The molecule has 0 aromatic heterocycles. The van der Waals surface area contributed by atoms with Crippen LogP contribution in [0, 0.1) is 17.2 Å². The molecule has 0 amide bonds. The number of piperidine rings is 1. The minimum Gasteiger partial charge on any atom is -0.370 e. The number of anilines is 1. The molecule has 2 nitrogen and oxygen atoms in total. The van der Waals surface area contributed by atoms with Crippen LogP contribution >= 0.6 is 23.2 Å². The predicted molar refractivity (Wildman–Crippen MR) is 71.6 cm³/mol. The summed E-state index contributed by atoms with van der Waals surface area (Å²) >= 11 is 12.2. The van der Waals surface area contributed by atoms with E-state index in [0.717, 1.165) is 36.6 Å². The maximum Gasteiger partial charge on any atom is 0.0640 e. The summed E-state index contributed by atoms with van der Waals surface area (Å²) < 4.78 is 0. The summed E-state index contributed by atoms with van der Waals surface area (Å²) in [6.45, 7) is 1.88. The van der Waals surface area contributed by atoms with Crippen LogP contribution in [0.1, 0.15) is 19.3 Å². The lowest BCUT2D eigenvalue weighted by molar-refractivity contribution is 0.422. The van der Waals surface area contributed by atoms with E-state index < -0.39 is 0 Å². The van der Waals surface area contributed by atoms with Gasteiger partial charge in [0.05, 0.1) is 16.8 Å². The number of hydrogen-bond donors (Lipinski definition) is 0. The smallest absolute Gasteiger partial charge is 0.0640 e. The van der Waals surface area contributed by atoms with Crippen molar-refractivity contribution in [2.24, 2.45) is 5.92 Å². The van der Waals surface area contributed by atoms with Crippen molar-refractivity contribution in [1.82, 2.24) is 0 Å². The molecule has 1 saturated heterocycles. The molecule has 1 fully saturated rings. The van der Waals surface area contributed by atoms with Gasteiger partial charge in [0, 0.05) is 24.5 Å². The van der Waals surface area contributed by atoms with Crippen LogP contribution in [-0.4, -0.2) is 13.1 Å². The molecular weight excluding hydrogens is 255 g/mol. The van der Waals surface area contributed by atoms with Crippen LogP contribution in [0.2, 0.25) is 10.0 Å². The summed E-state index contributed by atoms with van der Waals surface area (Å²) in [5.74, 6) is 0.448. The molecule has 0 spiro atoms. The first-order valence-corrected chi connectivity index (χ1v) is 6.53. The number of benzene rings is 1. The number of rotatable bonds is 2. The van der Waals surface area contributed by atoms with E-state index in [-0.39, 0.29) is 0 Å². The fourth-order valence-electron chi connectivity index (χ4n) is 2.31. The zero-order valence-corrected chi connectivity index (χ0v) is 11.0. The van der Waals surface area contributed by atoms with Crippen molar-refractivity contribution in [2.45, 2.75) is 19.3 Å². The second kappa shape index (κ2) is 5.62. The van der Waals surface area contributed by atoms with Gasteiger partial charge in [-0.1, -0.05) is 23.2 Å². The van der Waals surface area contributed by atoms with Crippen LogP contribution in [0.15, 0.2) is 18.2 Å². The van der Waals surface area contributed by atoms with Crippen LogP contribution in [-0.2, 0) is 0 Å². The fraction of sp³-hybridized carbons (Fsp3) is 0.462. The SMILES string of the molecule is N#CCC1CCCN(c2cc(Cl)ccc2Cl)C1. The summed E-state index contributed by atoms with van der Waals surface area (Å²) in [4.78, 5) is 2.24. The van der Waals surface area contributed by atoms with Crippen molar-refractivity contribution in [2.75, 3.05) is 18.0 Å². The van der Waals surface area contributed by atoms with Gasteiger partial charge in [0.25, 0.3) is 0 Å². The van der Waals surface area contributed by atoms with Crippen LogP contribution in [0.25, 0.3) is 0 Å². The second-order valence-electron chi connectivity index (χ2n) is 4.41. The molecule has 2 rings (SSSR count). The Hall–Kier alpha value is -0.910. The fourth-order valence-corrected chi connectivity index (χ4v) is 2.71. The molecule has 17 heavy (non-hydrogen) atoms. The predicted octanol–water partition coefficient (Wildman–Crippen LogP) is 4.12. The van der Waals surface area contributed by atoms with Crippen molar-refractivity contribution in [3.63, 3.8) is 0 Å². The third-order valence-corrected chi connectivity index (χ3v) is 3.70. The van der Waals surface area contributed by atoms with E-state index in [0.29, 0.717) is 17.4 Å². The lowest BCUT2D eigenvalue weighted by Crippen LogP contribution is -2.35.